The molecule has 1 aromatic rings. The van der Waals surface area contributed by atoms with E-state index in [4.69, 9.17) is 0 Å². The highest BCUT2D eigenvalue weighted by atomic mass is 32.2. The van der Waals surface area contributed by atoms with Gasteiger partial charge in [-0.1, -0.05) is 25.8 Å². The number of thiophene rings is 1. The zero-order valence-corrected chi connectivity index (χ0v) is 12.5. The van der Waals surface area contributed by atoms with Crippen molar-refractivity contribution in [2.75, 3.05) is 12.8 Å². The summed E-state index contributed by atoms with van der Waals surface area (Å²) in [7, 11) is 0. The fourth-order valence-corrected chi connectivity index (χ4v) is 4.53. The summed E-state index contributed by atoms with van der Waals surface area (Å²) in [5, 5.41) is 5.98. The molecule has 1 atom stereocenters. The molecule has 1 heterocycles. The summed E-state index contributed by atoms with van der Waals surface area (Å²) in [6.45, 7) is 3.45. The number of nitrogens with one attached hydrogen (secondary N) is 1. The monoisotopic (exact) mass is 269 g/mol. The van der Waals surface area contributed by atoms with Crippen LogP contribution in [0.1, 0.15) is 49.9 Å². The van der Waals surface area contributed by atoms with Gasteiger partial charge < -0.3 is 5.32 Å². The molecule has 0 bridgehead atoms. The first-order valence-corrected chi connectivity index (χ1v) is 8.72. The van der Waals surface area contributed by atoms with Crippen molar-refractivity contribution in [3.63, 3.8) is 0 Å². The molecule has 0 radical (unpaired) electrons. The quantitative estimate of drug-likeness (QED) is 0.818. The summed E-state index contributed by atoms with van der Waals surface area (Å²) in [6, 6.07) is 4.97. The third kappa shape index (κ3) is 3.27. The zero-order chi connectivity index (χ0) is 12.1. The van der Waals surface area contributed by atoms with Gasteiger partial charge in [0.25, 0.3) is 0 Å². The Morgan fingerprint density at radius 1 is 1.47 bits per heavy atom. The molecule has 1 aliphatic carbocycles. The van der Waals surface area contributed by atoms with E-state index in [2.05, 4.69) is 47.8 Å². The lowest BCUT2D eigenvalue weighted by molar-refractivity contribution is 0.463. The molecule has 1 N–H and O–H groups in total. The highest BCUT2D eigenvalue weighted by molar-refractivity contribution is 8.00. The van der Waals surface area contributed by atoms with Crippen molar-refractivity contribution in [3.8, 4) is 0 Å². The van der Waals surface area contributed by atoms with Crippen LogP contribution in [0.15, 0.2) is 17.5 Å². The van der Waals surface area contributed by atoms with Crippen LogP contribution in [0.3, 0.4) is 0 Å². The van der Waals surface area contributed by atoms with Gasteiger partial charge >= 0.3 is 0 Å². The molecule has 1 aromatic heterocycles. The van der Waals surface area contributed by atoms with Gasteiger partial charge in [0.2, 0.25) is 0 Å². The van der Waals surface area contributed by atoms with Gasteiger partial charge in [0, 0.05) is 22.2 Å². The van der Waals surface area contributed by atoms with Gasteiger partial charge in [-0.2, -0.15) is 11.8 Å². The predicted octanol–water partition coefficient (Wildman–Crippen LogP) is 4.46. The van der Waals surface area contributed by atoms with E-state index in [0.717, 1.165) is 0 Å². The summed E-state index contributed by atoms with van der Waals surface area (Å²) in [5.74, 6) is 0. The fourth-order valence-electron chi connectivity index (χ4n) is 2.72. The molecule has 1 unspecified atom stereocenters. The summed E-state index contributed by atoms with van der Waals surface area (Å²) >= 11 is 3.95. The van der Waals surface area contributed by atoms with E-state index in [9.17, 15) is 0 Å². The minimum Gasteiger partial charge on any atom is -0.308 e. The van der Waals surface area contributed by atoms with Crippen LogP contribution in [0.4, 0.5) is 0 Å². The Labute approximate surface area is 113 Å². The second kappa shape index (κ2) is 6.26. The third-order valence-electron chi connectivity index (χ3n) is 3.91. The molecule has 0 spiro atoms. The molecule has 0 aromatic carbocycles. The maximum atomic E-state index is 3.80. The van der Waals surface area contributed by atoms with Gasteiger partial charge in [0.05, 0.1) is 0 Å². The van der Waals surface area contributed by atoms with Crippen molar-refractivity contribution < 1.29 is 0 Å². The molecular formula is C14H23NS2. The van der Waals surface area contributed by atoms with E-state index in [1.54, 1.807) is 0 Å². The molecule has 17 heavy (non-hydrogen) atoms. The summed E-state index contributed by atoms with van der Waals surface area (Å²) in [5.41, 5.74) is 0. The van der Waals surface area contributed by atoms with E-state index in [0.29, 0.717) is 10.8 Å². The third-order valence-corrected chi connectivity index (χ3v) is 6.32. The number of thioether (sulfide) groups is 1. The maximum Gasteiger partial charge on any atom is 0.0412 e. The van der Waals surface area contributed by atoms with Crippen LogP contribution in [0.25, 0.3) is 0 Å². The molecule has 0 saturated heterocycles. The first-order valence-electron chi connectivity index (χ1n) is 6.61. The Morgan fingerprint density at radius 3 is 2.76 bits per heavy atom. The van der Waals surface area contributed by atoms with E-state index in [1.807, 2.05) is 11.3 Å². The minimum atomic E-state index is 0.519. The normalized spacial score (nSPS) is 20.6. The Balaban J connectivity index is 1.91. The van der Waals surface area contributed by atoms with Crippen LogP contribution in [-0.4, -0.2) is 17.5 Å². The van der Waals surface area contributed by atoms with Crippen LogP contribution >= 0.6 is 23.1 Å². The van der Waals surface area contributed by atoms with Gasteiger partial charge in [-0.25, -0.2) is 0 Å². The van der Waals surface area contributed by atoms with E-state index >= 15 is 0 Å². The van der Waals surface area contributed by atoms with Crippen LogP contribution in [0, 0.1) is 0 Å². The van der Waals surface area contributed by atoms with Crippen LogP contribution < -0.4 is 5.32 Å². The van der Waals surface area contributed by atoms with Gasteiger partial charge in [-0.3, -0.25) is 0 Å². The zero-order valence-electron chi connectivity index (χ0n) is 10.9. The van der Waals surface area contributed by atoms with Gasteiger partial charge in [-0.15, -0.1) is 11.3 Å². The van der Waals surface area contributed by atoms with Crippen LogP contribution in [-0.2, 0) is 0 Å². The van der Waals surface area contributed by atoms with Crippen molar-refractivity contribution in [3.05, 3.63) is 22.4 Å². The molecule has 3 heteroatoms. The highest BCUT2D eigenvalue weighted by Gasteiger charge is 2.33. The molecular weight excluding hydrogens is 246 g/mol. The molecule has 1 fully saturated rings. The van der Waals surface area contributed by atoms with E-state index in [-0.39, 0.29) is 0 Å². The van der Waals surface area contributed by atoms with Gasteiger partial charge in [0.15, 0.2) is 0 Å². The van der Waals surface area contributed by atoms with Crippen LogP contribution in [0.5, 0.6) is 0 Å². The first-order chi connectivity index (χ1) is 8.29. The highest BCUT2D eigenvalue weighted by Crippen LogP contribution is 2.40. The van der Waals surface area contributed by atoms with Crippen LogP contribution in [0.2, 0.25) is 0 Å². The lowest BCUT2D eigenvalue weighted by atomic mass is 10.1. The second-order valence-electron chi connectivity index (χ2n) is 4.95. The lowest BCUT2D eigenvalue weighted by Crippen LogP contribution is -2.36. The molecule has 96 valence electrons. The minimum absolute atomic E-state index is 0.519. The van der Waals surface area contributed by atoms with Gasteiger partial charge in [-0.05, 0) is 37.0 Å². The van der Waals surface area contributed by atoms with Crippen molar-refractivity contribution in [2.24, 2.45) is 0 Å². The standard InChI is InChI=1S/C14H23NS2/c1-3-12(13-7-6-10-17-13)15-11-14(16-2)8-4-5-9-14/h6-7,10,12,15H,3-5,8-9,11H2,1-2H3. The summed E-state index contributed by atoms with van der Waals surface area (Å²) < 4.78 is 0.519. The topological polar surface area (TPSA) is 12.0 Å². The smallest absolute Gasteiger partial charge is 0.0412 e. The fraction of sp³-hybridized carbons (Fsp3) is 0.714. The molecule has 2 rings (SSSR count). The second-order valence-corrected chi connectivity index (χ2v) is 7.20. The van der Waals surface area contributed by atoms with Crippen molar-refractivity contribution in [1.82, 2.24) is 5.32 Å². The SMILES string of the molecule is CCC(NCC1(SC)CCCC1)c1cccs1. The number of hydrogen-bond acceptors (Lipinski definition) is 3. The largest absolute Gasteiger partial charge is 0.308 e. The van der Waals surface area contributed by atoms with E-state index in [1.165, 1.54) is 43.5 Å². The molecule has 1 aliphatic rings. The maximum absolute atomic E-state index is 3.80. The Morgan fingerprint density at radius 2 is 2.24 bits per heavy atom. The van der Waals surface area contributed by atoms with Gasteiger partial charge in [0.1, 0.15) is 0 Å². The molecule has 1 nitrogen and oxygen atoms in total. The number of rotatable bonds is 6. The molecule has 0 aliphatic heterocycles. The molecule has 0 amide bonds. The average molecular weight is 269 g/mol. The van der Waals surface area contributed by atoms with Crippen molar-refractivity contribution in [1.29, 1.82) is 0 Å². The van der Waals surface area contributed by atoms with Crippen molar-refractivity contribution in [2.45, 2.75) is 49.8 Å². The summed E-state index contributed by atoms with van der Waals surface area (Å²) in [6.07, 6.45) is 9.07. The number of hydrogen-bond donors (Lipinski definition) is 1. The average Bonchev–Trinajstić information content (AvgIpc) is 3.01. The first kappa shape index (κ1) is 13.4. The Hall–Kier alpha value is 0.01000. The lowest BCUT2D eigenvalue weighted by Gasteiger charge is -2.29. The van der Waals surface area contributed by atoms with Crippen molar-refractivity contribution >= 4 is 23.1 Å². The van der Waals surface area contributed by atoms with E-state index < -0.39 is 0 Å². The summed E-state index contributed by atoms with van der Waals surface area (Å²) in [4.78, 5) is 1.49. The predicted molar refractivity (Wildman–Crippen MR) is 80.1 cm³/mol. The Kier molecular flexibility index (Phi) is 4.95. The molecule has 1 saturated carbocycles. The Bertz CT molecular complexity index is 315.